The van der Waals surface area contributed by atoms with Crippen molar-refractivity contribution in [3.63, 3.8) is 0 Å². The third-order valence-electron chi connectivity index (χ3n) is 2.46. The van der Waals surface area contributed by atoms with E-state index in [-0.39, 0.29) is 59.1 Å². The molecule has 4 heteroatoms. The Labute approximate surface area is 152 Å². The van der Waals surface area contributed by atoms with Gasteiger partial charge in [-0.25, -0.2) is 0 Å². The van der Waals surface area contributed by atoms with Crippen LogP contribution in [0.4, 0.5) is 0 Å². The summed E-state index contributed by atoms with van der Waals surface area (Å²) in [5, 5.41) is 0. The molecule has 82 valence electrons. The molecule has 4 N–H and O–H groups in total. The van der Waals surface area contributed by atoms with Gasteiger partial charge in [0.25, 0.3) is 0 Å². The van der Waals surface area contributed by atoms with Crippen LogP contribution in [0.15, 0.2) is 60.7 Å². The van der Waals surface area contributed by atoms with Gasteiger partial charge in [0, 0.05) is 59.1 Å². The van der Waals surface area contributed by atoms with E-state index in [0.717, 1.165) is 11.1 Å². The Bertz CT molecular complexity index is 448. The minimum absolute atomic E-state index is 0. The monoisotopic (exact) mass is 256 g/mol. The predicted octanol–water partition coefficient (Wildman–Crippen LogP) is 1.67. The van der Waals surface area contributed by atoms with E-state index in [1.807, 2.05) is 60.7 Å². The van der Waals surface area contributed by atoms with Crippen molar-refractivity contribution >= 4 is 70.5 Å². The first-order chi connectivity index (χ1) is 7.79. The van der Waals surface area contributed by atoms with Crippen LogP contribution in [-0.4, -0.2) is 59.1 Å². The van der Waals surface area contributed by atoms with E-state index in [1.54, 1.807) is 0 Å². The van der Waals surface area contributed by atoms with Crippen LogP contribution in [0.5, 0.6) is 0 Å². The number of hydrogen-bond acceptors (Lipinski definition) is 2. The second kappa shape index (κ2) is 8.81. The summed E-state index contributed by atoms with van der Waals surface area (Å²) in [7, 11) is 0. The van der Waals surface area contributed by atoms with Crippen molar-refractivity contribution in [1.82, 2.24) is 0 Å². The molecule has 0 fully saturated rings. The number of rotatable bonds is 2. The average Bonchev–Trinajstić information content (AvgIpc) is 2.39. The van der Waals surface area contributed by atoms with Gasteiger partial charge in [-0.2, -0.15) is 0 Å². The summed E-state index contributed by atoms with van der Waals surface area (Å²) in [4.78, 5) is 0. The molecular formula is C14H14N2Na2. The topological polar surface area (TPSA) is 52.0 Å². The van der Waals surface area contributed by atoms with Gasteiger partial charge in [0.1, 0.15) is 0 Å². The van der Waals surface area contributed by atoms with Crippen molar-refractivity contribution in [2.24, 2.45) is 11.5 Å². The van der Waals surface area contributed by atoms with Gasteiger partial charge in [-0.1, -0.05) is 60.7 Å². The van der Waals surface area contributed by atoms with Crippen LogP contribution >= 0.6 is 0 Å². The van der Waals surface area contributed by atoms with E-state index < -0.39 is 0 Å². The molecule has 0 saturated carbocycles. The van der Waals surface area contributed by atoms with Crippen molar-refractivity contribution in [1.29, 1.82) is 0 Å². The molecule has 2 aromatic carbocycles. The van der Waals surface area contributed by atoms with Crippen LogP contribution < -0.4 is 11.5 Å². The molecule has 0 aliphatic carbocycles. The first-order valence-electron chi connectivity index (χ1n) is 5.15. The Hall–Kier alpha value is -0.220. The fourth-order valence-corrected chi connectivity index (χ4v) is 1.55. The number of hydrogen-bond donors (Lipinski definition) is 2. The van der Waals surface area contributed by atoms with Crippen LogP contribution in [0.1, 0.15) is 11.1 Å². The third kappa shape index (κ3) is 4.47. The molecule has 0 aromatic heterocycles. The van der Waals surface area contributed by atoms with Crippen molar-refractivity contribution in [2.45, 2.75) is 0 Å². The second-order valence-electron chi connectivity index (χ2n) is 3.56. The molecule has 0 saturated heterocycles. The maximum absolute atomic E-state index is 6.03. The second-order valence-corrected chi connectivity index (χ2v) is 3.56. The first-order valence-corrected chi connectivity index (χ1v) is 5.15. The van der Waals surface area contributed by atoms with Crippen molar-refractivity contribution in [2.75, 3.05) is 0 Å². The van der Waals surface area contributed by atoms with Crippen molar-refractivity contribution < 1.29 is 0 Å². The predicted molar refractivity (Wildman–Crippen MR) is 79.6 cm³/mol. The first kappa shape index (κ1) is 17.8. The Morgan fingerprint density at radius 3 is 1.11 bits per heavy atom. The fourth-order valence-electron chi connectivity index (χ4n) is 1.55. The third-order valence-corrected chi connectivity index (χ3v) is 2.46. The Balaban J connectivity index is 0.00000144. The van der Waals surface area contributed by atoms with Gasteiger partial charge >= 0.3 is 0 Å². The van der Waals surface area contributed by atoms with Gasteiger partial charge in [0.15, 0.2) is 0 Å². The zero-order valence-electron chi connectivity index (χ0n) is 10.9. The molecule has 0 spiro atoms. The standard InChI is InChI=1S/C14H14N2.2Na/c15-13(11-7-3-1-4-8-11)14(16)12-9-5-2-6-10-12;;/h1-10H,15-16H2;;. The summed E-state index contributed by atoms with van der Waals surface area (Å²) < 4.78 is 0. The summed E-state index contributed by atoms with van der Waals surface area (Å²) in [6.07, 6.45) is 0. The maximum atomic E-state index is 6.03. The van der Waals surface area contributed by atoms with E-state index >= 15 is 0 Å². The Morgan fingerprint density at radius 2 is 0.833 bits per heavy atom. The fraction of sp³-hybridized carbons (Fsp3) is 0. The van der Waals surface area contributed by atoms with Crippen LogP contribution in [0, 0.1) is 0 Å². The Morgan fingerprint density at radius 1 is 0.556 bits per heavy atom. The molecule has 0 unspecified atom stereocenters. The summed E-state index contributed by atoms with van der Waals surface area (Å²) in [5.41, 5.74) is 15.2. The molecule has 0 heterocycles. The van der Waals surface area contributed by atoms with Crippen LogP contribution in [0.3, 0.4) is 0 Å². The molecule has 0 atom stereocenters. The molecule has 0 aliphatic rings. The summed E-state index contributed by atoms with van der Waals surface area (Å²) >= 11 is 0. The molecule has 18 heavy (non-hydrogen) atoms. The largest absolute Gasteiger partial charge is 0.397 e. The molecule has 2 nitrogen and oxygen atoms in total. The molecule has 0 amide bonds. The van der Waals surface area contributed by atoms with E-state index in [9.17, 15) is 0 Å². The molecule has 2 rings (SSSR count). The van der Waals surface area contributed by atoms with E-state index in [2.05, 4.69) is 0 Å². The van der Waals surface area contributed by atoms with E-state index in [0.29, 0.717) is 11.4 Å². The number of nitrogens with two attached hydrogens (primary N) is 2. The van der Waals surface area contributed by atoms with Gasteiger partial charge in [-0.3, -0.25) is 0 Å². The zero-order chi connectivity index (χ0) is 11.4. The van der Waals surface area contributed by atoms with Crippen LogP contribution in [0.2, 0.25) is 0 Å². The minimum atomic E-state index is 0. The molecule has 2 radical (unpaired) electrons. The van der Waals surface area contributed by atoms with E-state index in [1.165, 1.54) is 0 Å². The molecule has 0 aliphatic heterocycles. The van der Waals surface area contributed by atoms with Crippen LogP contribution in [0.25, 0.3) is 11.4 Å². The zero-order valence-corrected chi connectivity index (χ0v) is 14.9. The van der Waals surface area contributed by atoms with Crippen LogP contribution in [-0.2, 0) is 0 Å². The SMILES string of the molecule is NC(=C(N)c1ccccc1)c1ccccc1.[Na].[Na]. The smallest absolute Gasteiger partial charge is 0.0627 e. The normalized spacial score (nSPS) is 10.7. The summed E-state index contributed by atoms with van der Waals surface area (Å²) in [5.74, 6) is 0. The van der Waals surface area contributed by atoms with Gasteiger partial charge in [-0.15, -0.1) is 0 Å². The summed E-state index contributed by atoms with van der Waals surface area (Å²) in [6, 6.07) is 19.5. The average molecular weight is 256 g/mol. The van der Waals surface area contributed by atoms with Crippen molar-refractivity contribution in [3.8, 4) is 0 Å². The molecule has 0 bridgehead atoms. The maximum Gasteiger partial charge on any atom is 0.0627 e. The summed E-state index contributed by atoms with van der Waals surface area (Å²) in [6.45, 7) is 0. The van der Waals surface area contributed by atoms with Gasteiger partial charge < -0.3 is 11.5 Å². The van der Waals surface area contributed by atoms with Gasteiger partial charge in [-0.05, 0) is 11.1 Å². The minimum Gasteiger partial charge on any atom is -0.397 e. The molecule has 2 aromatic rings. The quantitative estimate of drug-likeness (QED) is 0.634. The Kier molecular flexibility index (Phi) is 8.70. The van der Waals surface area contributed by atoms with Gasteiger partial charge in [0.05, 0.1) is 11.4 Å². The van der Waals surface area contributed by atoms with Crippen molar-refractivity contribution in [3.05, 3.63) is 71.8 Å². The van der Waals surface area contributed by atoms with Gasteiger partial charge in [0.2, 0.25) is 0 Å². The molecular weight excluding hydrogens is 242 g/mol. The number of benzene rings is 2. The van der Waals surface area contributed by atoms with E-state index in [4.69, 9.17) is 11.5 Å².